The summed E-state index contributed by atoms with van der Waals surface area (Å²) in [5.41, 5.74) is 0.616. The third kappa shape index (κ3) is 6.22. The van der Waals surface area contributed by atoms with Gasteiger partial charge in [-0.15, -0.1) is 0 Å². The van der Waals surface area contributed by atoms with E-state index in [0.29, 0.717) is 51.5 Å². The van der Waals surface area contributed by atoms with Crippen molar-refractivity contribution < 1.29 is 17.6 Å². The average Bonchev–Trinajstić information content (AvgIpc) is 3.11. The van der Waals surface area contributed by atoms with Crippen LogP contribution in [0.3, 0.4) is 0 Å². The molecule has 2 aliphatic heterocycles. The molecule has 0 spiro atoms. The Morgan fingerprint density at radius 1 is 1.14 bits per heavy atom. The molecule has 0 bridgehead atoms. The van der Waals surface area contributed by atoms with Crippen molar-refractivity contribution in [2.24, 2.45) is 10.9 Å². The van der Waals surface area contributed by atoms with E-state index in [1.54, 1.807) is 12.1 Å². The third-order valence-electron chi connectivity index (χ3n) is 5.38. The van der Waals surface area contributed by atoms with Gasteiger partial charge in [0, 0.05) is 45.8 Å². The smallest absolute Gasteiger partial charge is 0.366 e. The van der Waals surface area contributed by atoms with Crippen molar-refractivity contribution in [3.05, 3.63) is 30.1 Å². The van der Waals surface area contributed by atoms with E-state index >= 15 is 0 Å². The predicted molar refractivity (Wildman–Crippen MR) is 107 cm³/mol. The van der Waals surface area contributed by atoms with Gasteiger partial charge in [0.15, 0.2) is 5.96 Å². The zero-order chi connectivity index (χ0) is 20.9. The van der Waals surface area contributed by atoms with Gasteiger partial charge >= 0.3 is 6.18 Å². The molecule has 0 amide bonds. The topological polar surface area (TPSA) is 34.1 Å². The van der Waals surface area contributed by atoms with Crippen molar-refractivity contribution in [1.29, 1.82) is 0 Å². The van der Waals surface area contributed by atoms with Crippen LogP contribution in [0.25, 0.3) is 0 Å². The summed E-state index contributed by atoms with van der Waals surface area (Å²) < 4.78 is 51.7. The number of alkyl halides is 3. The van der Waals surface area contributed by atoms with E-state index in [1.165, 1.54) is 11.0 Å². The first-order valence-corrected chi connectivity index (χ1v) is 10.2. The van der Waals surface area contributed by atoms with Gasteiger partial charge in [-0.25, -0.2) is 4.39 Å². The molecule has 0 radical (unpaired) electrons. The van der Waals surface area contributed by atoms with Gasteiger partial charge in [0.1, 0.15) is 5.82 Å². The summed E-state index contributed by atoms with van der Waals surface area (Å²) in [6.45, 7) is 6.10. The number of guanidine groups is 1. The van der Waals surface area contributed by atoms with Crippen LogP contribution in [0.4, 0.5) is 23.2 Å². The third-order valence-corrected chi connectivity index (χ3v) is 5.38. The lowest BCUT2D eigenvalue weighted by Crippen LogP contribution is -2.52. The first-order valence-electron chi connectivity index (χ1n) is 10.2. The van der Waals surface area contributed by atoms with E-state index in [-0.39, 0.29) is 11.7 Å². The minimum absolute atomic E-state index is 0.144. The van der Waals surface area contributed by atoms with E-state index in [9.17, 15) is 17.6 Å². The van der Waals surface area contributed by atoms with Crippen molar-refractivity contribution in [3.8, 4) is 0 Å². The minimum Gasteiger partial charge on any atom is -0.366 e. The second kappa shape index (κ2) is 9.65. The molecular weight excluding hydrogens is 386 g/mol. The van der Waals surface area contributed by atoms with Crippen LogP contribution in [-0.4, -0.2) is 80.8 Å². The molecule has 0 saturated carbocycles. The molecule has 1 atom stereocenters. The molecule has 1 aromatic carbocycles. The van der Waals surface area contributed by atoms with Gasteiger partial charge in [-0.05, 0) is 37.9 Å². The van der Waals surface area contributed by atoms with E-state index in [0.717, 1.165) is 18.9 Å². The van der Waals surface area contributed by atoms with E-state index in [4.69, 9.17) is 4.99 Å². The molecule has 1 unspecified atom stereocenters. The van der Waals surface area contributed by atoms with Gasteiger partial charge in [-0.3, -0.25) is 9.89 Å². The second-order valence-corrected chi connectivity index (χ2v) is 7.63. The summed E-state index contributed by atoms with van der Waals surface area (Å²) in [6.07, 6.45) is -3.41. The predicted octanol–water partition coefficient (Wildman–Crippen LogP) is 2.80. The molecule has 3 rings (SSSR count). The largest absolute Gasteiger partial charge is 0.401 e. The highest BCUT2D eigenvalue weighted by Gasteiger charge is 2.34. The number of aliphatic imine (C=N–C) groups is 1. The molecule has 1 aromatic rings. The van der Waals surface area contributed by atoms with Crippen LogP contribution in [-0.2, 0) is 0 Å². The van der Waals surface area contributed by atoms with E-state index < -0.39 is 12.7 Å². The zero-order valence-corrected chi connectivity index (χ0v) is 16.8. The quantitative estimate of drug-likeness (QED) is 0.456. The van der Waals surface area contributed by atoms with Crippen LogP contribution in [0.2, 0.25) is 0 Å². The Hall–Kier alpha value is -2.03. The standard InChI is InChI=1S/C20H29F4N5/c1-2-25-19(26-13-16-7-8-27(14-16)15-20(22,23)24)29-11-9-28(10-12-29)18-6-4-3-5-17(18)21/h3-6,16H,2,7-15H2,1H3,(H,25,26). The van der Waals surface area contributed by atoms with Crippen molar-refractivity contribution in [2.75, 3.05) is 63.8 Å². The van der Waals surface area contributed by atoms with Crippen LogP contribution in [0.5, 0.6) is 0 Å². The summed E-state index contributed by atoms with van der Waals surface area (Å²) in [5.74, 6) is 0.715. The lowest BCUT2D eigenvalue weighted by atomic mass is 10.1. The molecule has 162 valence electrons. The normalized spacial score (nSPS) is 21.7. The fourth-order valence-corrected chi connectivity index (χ4v) is 3.97. The summed E-state index contributed by atoms with van der Waals surface area (Å²) >= 11 is 0. The van der Waals surface area contributed by atoms with Crippen molar-refractivity contribution in [1.82, 2.24) is 15.1 Å². The molecule has 9 heteroatoms. The van der Waals surface area contributed by atoms with E-state index in [2.05, 4.69) is 10.2 Å². The number of halogens is 4. The number of anilines is 1. The second-order valence-electron chi connectivity index (χ2n) is 7.63. The van der Waals surface area contributed by atoms with Gasteiger partial charge in [0.05, 0.1) is 12.2 Å². The van der Waals surface area contributed by atoms with Crippen molar-refractivity contribution in [2.45, 2.75) is 19.5 Å². The van der Waals surface area contributed by atoms with Gasteiger partial charge in [-0.2, -0.15) is 13.2 Å². The highest BCUT2D eigenvalue weighted by atomic mass is 19.4. The maximum atomic E-state index is 14.0. The highest BCUT2D eigenvalue weighted by Crippen LogP contribution is 2.23. The molecule has 2 aliphatic rings. The SMILES string of the molecule is CCNC(=NCC1CCN(CC(F)(F)F)C1)N1CCN(c2ccccc2F)CC1. The minimum atomic E-state index is -4.15. The fraction of sp³-hybridized carbons (Fsp3) is 0.650. The van der Waals surface area contributed by atoms with Gasteiger partial charge in [0.2, 0.25) is 0 Å². The van der Waals surface area contributed by atoms with Crippen LogP contribution < -0.4 is 10.2 Å². The van der Waals surface area contributed by atoms with Gasteiger partial charge in [-0.1, -0.05) is 12.1 Å². The number of likely N-dealkylation sites (tertiary alicyclic amines) is 1. The monoisotopic (exact) mass is 415 g/mol. The van der Waals surface area contributed by atoms with Crippen LogP contribution in [0.1, 0.15) is 13.3 Å². The first kappa shape index (κ1) is 21.7. The lowest BCUT2D eigenvalue weighted by molar-refractivity contribution is -0.143. The molecule has 5 nitrogen and oxygen atoms in total. The Bertz CT molecular complexity index is 686. The van der Waals surface area contributed by atoms with Crippen molar-refractivity contribution >= 4 is 11.6 Å². The number of nitrogens with zero attached hydrogens (tertiary/aromatic N) is 4. The fourth-order valence-electron chi connectivity index (χ4n) is 3.97. The van der Waals surface area contributed by atoms with E-state index in [1.807, 2.05) is 17.9 Å². The maximum absolute atomic E-state index is 14.0. The molecule has 29 heavy (non-hydrogen) atoms. The molecule has 0 aliphatic carbocycles. The molecule has 2 fully saturated rings. The Labute approximate surface area is 169 Å². The van der Waals surface area contributed by atoms with Crippen LogP contribution >= 0.6 is 0 Å². The Kier molecular flexibility index (Phi) is 7.21. The number of benzene rings is 1. The molecule has 1 N–H and O–H groups in total. The molecule has 0 aromatic heterocycles. The number of hydrogen-bond acceptors (Lipinski definition) is 3. The first-order chi connectivity index (χ1) is 13.9. The van der Waals surface area contributed by atoms with Gasteiger partial charge < -0.3 is 15.1 Å². The summed E-state index contributed by atoms with van der Waals surface area (Å²) in [4.78, 5) is 10.3. The summed E-state index contributed by atoms with van der Waals surface area (Å²) in [7, 11) is 0. The molecule has 2 heterocycles. The average molecular weight is 415 g/mol. The molecule has 2 saturated heterocycles. The Morgan fingerprint density at radius 3 is 2.52 bits per heavy atom. The number of piperazine rings is 1. The number of para-hydroxylation sites is 1. The summed E-state index contributed by atoms with van der Waals surface area (Å²) in [6, 6.07) is 6.78. The summed E-state index contributed by atoms with van der Waals surface area (Å²) in [5, 5.41) is 3.28. The Balaban J connectivity index is 1.53. The lowest BCUT2D eigenvalue weighted by Gasteiger charge is -2.37. The van der Waals surface area contributed by atoms with Crippen molar-refractivity contribution in [3.63, 3.8) is 0 Å². The number of hydrogen-bond donors (Lipinski definition) is 1. The highest BCUT2D eigenvalue weighted by molar-refractivity contribution is 5.80. The molecular formula is C20H29F4N5. The zero-order valence-electron chi connectivity index (χ0n) is 16.8. The Morgan fingerprint density at radius 2 is 1.86 bits per heavy atom. The number of nitrogens with one attached hydrogen (secondary N) is 1. The van der Waals surface area contributed by atoms with Crippen LogP contribution in [0, 0.1) is 11.7 Å². The number of rotatable bonds is 5. The van der Waals surface area contributed by atoms with Gasteiger partial charge in [0.25, 0.3) is 0 Å². The maximum Gasteiger partial charge on any atom is 0.401 e. The van der Waals surface area contributed by atoms with Crippen LogP contribution in [0.15, 0.2) is 29.3 Å².